The number of hydrogen-bond donors (Lipinski definition) is 3. The van der Waals surface area contributed by atoms with Crippen LogP contribution >= 0.6 is 0 Å². The molecule has 0 aliphatic carbocycles. The van der Waals surface area contributed by atoms with Gasteiger partial charge in [0.05, 0.1) is 16.5 Å². The third kappa shape index (κ3) is 1.98. The molecule has 4 nitrogen and oxygen atoms in total. The van der Waals surface area contributed by atoms with Crippen molar-refractivity contribution in [3.63, 3.8) is 0 Å². The lowest BCUT2D eigenvalue weighted by atomic mass is 10.1. The minimum atomic E-state index is -4.69. The molecule has 1 aromatic heterocycles. The van der Waals surface area contributed by atoms with E-state index in [1.54, 1.807) is 0 Å². The lowest BCUT2D eigenvalue weighted by Crippen LogP contribution is -2.18. The molecule has 0 spiro atoms. The predicted octanol–water partition coefficient (Wildman–Crippen LogP) is 1.53. The molecular weight excluding hydrogens is 251 g/mol. The molecule has 0 bridgehead atoms. The average molecular weight is 259 g/mol. The number of aliphatic hydroxyl groups excluding tert-OH is 1. The second-order valence-electron chi connectivity index (χ2n) is 3.67. The van der Waals surface area contributed by atoms with E-state index in [4.69, 9.17) is 10.2 Å². The Morgan fingerprint density at radius 2 is 1.89 bits per heavy atom. The maximum Gasteiger partial charge on any atom is 0.417 e. The van der Waals surface area contributed by atoms with Crippen LogP contribution < -0.4 is 5.43 Å². The summed E-state index contributed by atoms with van der Waals surface area (Å²) in [7, 11) is 0. The Bertz CT molecular complexity index is 646. The van der Waals surface area contributed by atoms with Crippen LogP contribution in [0.2, 0.25) is 0 Å². The van der Waals surface area contributed by atoms with Gasteiger partial charge in [0, 0.05) is 11.7 Å². The fraction of sp³-hybridized carbons (Fsp3) is 0.182. The van der Waals surface area contributed by atoms with Crippen molar-refractivity contribution in [2.24, 2.45) is 0 Å². The zero-order valence-electron chi connectivity index (χ0n) is 8.82. The molecule has 3 N–H and O–H groups in total. The zero-order valence-corrected chi connectivity index (χ0v) is 8.82. The van der Waals surface area contributed by atoms with Crippen molar-refractivity contribution >= 4 is 10.9 Å². The normalized spacial score (nSPS) is 12.3. The summed E-state index contributed by atoms with van der Waals surface area (Å²) < 4.78 is 38.3. The predicted molar refractivity (Wildman–Crippen MR) is 56.7 cm³/mol. The van der Waals surface area contributed by atoms with Gasteiger partial charge in [-0.15, -0.1) is 0 Å². The van der Waals surface area contributed by atoms with E-state index in [-0.39, 0.29) is 5.52 Å². The van der Waals surface area contributed by atoms with Crippen LogP contribution in [0.4, 0.5) is 13.2 Å². The Morgan fingerprint density at radius 1 is 1.22 bits per heavy atom. The fourth-order valence-corrected chi connectivity index (χ4v) is 1.71. The summed E-state index contributed by atoms with van der Waals surface area (Å²) in [6.07, 6.45) is -5.83. The Morgan fingerprint density at radius 3 is 2.44 bits per heavy atom. The highest BCUT2D eigenvalue weighted by Crippen LogP contribution is 2.33. The molecule has 1 aromatic carbocycles. The molecule has 0 radical (unpaired) electrons. The molecular formula is C11H8F3NO3. The number of pyridine rings is 1. The van der Waals surface area contributed by atoms with Crippen molar-refractivity contribution in [1.82, 2.24) is 4.98 Å². The summed E-state index contributed by atoms with van der Waals surface area (Å²) in [5.41, 5.74) is -2.70. The first kappa shape index (κ1) is 12.6. The van der Waals surface area contributed by atoms with Gasteiger partial charge >= 0.3 is 6.18 Å². The van der Waals surface area contributed by atoms with Crippen molar-refractivity contribution in [3.8, 4) is 0 Å². The number of fused-ring (bicyclic) bond motifs is 1. The van der Waals surface area contributed by atoms with Gasteiger partial charge in [-0.05, 0) is 12.1 Å². The summed E-state index contributed by atoms with van der Waals surface area (Å²) >= 11 is 0. The van der Waals surface area contributed by atoms with Crippen LogP contribution in [0, 0.1) is 0 Å². The molecule has 96 valence electrons. The third-order valence-corrected chi connectivity index (χ3v) is 2.52. The van der Waals surface area contributed by atoms with Crippen LogP contribution in [0.1, 0.15) is 17.4 Å². The number of aliphatic hydroxyl groups is 2. The number of hydrogen-bond acceptors (Lipinski definition) is 3. The quantitative estimate of drug-likeness (QED) is 0.680. The van der Waals surface area contributed by atoms with Crippen LogP contribution in [0.25, 0.3) is 10.9 Å². The summed E-state index contributed by atoms with van der Waals surface area (Å²) in [6.45, 7) is 0. The highest BCUT2D eigenvalue weighted by atomic mass is 19.4. The molecule has 1 heterocycles. The molecule has 0 fully saturated rings. The van der Waals surface area contributed by atoms with E-state index in [1.807, 2.05) is 0 Å². The second kappa shape index (κ2) is 4.11. The Balaban J connectivity index is 2.90. The Hall–Kier alpha value is -1.86. The number of nitrogens with one attached hydrogen (secondary N) is 1. The van der Waals surface area contributed by atoms with Crippen molar-refractivity contribution in [1.29, 1.82) is 0 Å². The third-order valence-electron chi connectivity index (χ3n) is 2.52. The average Bonchev–Trinajstić information content (AvgIpc) is 2.27. The van der Waals surface area contributed by atoms with Gasteiger partial charge in [-0.2, -0.15) is 13.2 Å². The van der Waals surface area contributed by atoms with Crippen molar-refractivity contribution < 1.29 is 23.4 Å². The monoisotopic (exact) mass is 259 g/mol. The lowest BCUT2D eigenvalue weighted by Gasteiger charge is -2.11. The van der Waals surface area contributed by atoms with E-state index < -0.39 is 34.4 Å². The van der Waals surface area contributed by atoms with Gasteiger partial charge in [-0.1, -0.05) is 6.07 Å². The summed E-state index contributed by atoms with van der Waals surface area (Å²) in [5.74, 6) is 0. The number of halogens is 3. The van der Waals surface area contributed by atoms with Crippen LogP contribution in [-0.4, -0.2) is 15.2 Å². The lowest BCUT2D eigenvalue weighted by molar-refractivity contribution is -0.136. The summed E-state index contributed by atoms with van der Waals surface area (Å²) in [5, 5.41) is 17.2. The van der Waals surface area contributed by atoms with Crippen LogP contribution in [-0.2, 0) is 6.18 Å². The molecule has 18 heavy (non-hydrogen) atoms. The fourth-order valence-electron chi connectivity index (χ4n) is 1.71. The molecule has 0 atom stereocenters. The topological polar surface area (TPSA) is 73.3 Å². The van der Waals surface area contributed by atoms with E-state index in [0.29, 0.717) is 0 Å². The summed E-state index contributed by atoms with van der Waals surface area (Å²) in [6, 6.07) is 3.24. The second-order valence-corrected chi connectivity index (χ2v) is 3.67. The van der Waals surface area contributed by atoms with Gasteiger partial charge in [0.15, 0.2) is 11.7 Å². The largest absolute Gasteiger partial charge is 0.417 e. The zero-order chi connectivity index (χ0) is 13.5. The van der Waals surface area contributed by atoms with Gasteiger partial charge in [-0.3, -0.25) is 4.79 Å². The molecule has 0 saturated heterocycles. The number of aromatic nitrogens is 1. The maximum atomic E-state index is 12.8. The molecule has 0 aliphatic heterocycles. The maximum absolute atomic E-state index is 12.8. The molecule has 7 heteroatoms. The minimum Gasteiger partial charge on any atom is -0.364 e. The molecule has 0 aliphatic rings. The summed E-state index contributed by atoms with van der Waals surface area (Å²) in [4.78, 5) is 14.2. The number of aromatic amines is 1. The van der Waals surface area contributed by atoms with E-state index in [1.165, 1.54) is 6.07 Å². The molecule has 2 aromatic rings. The Kier molecular flexibility index (Phi) is 2.88. The van der Waals surface area contributed by atoms with E-state index in [2.05, 4.69) is 4.98 Å². The van der Waals surface area contributed by atoms with Gasteiger partial charge in [-0.25, -0.2) is 0 Å². The number of alkyl halides is 3. The molecule has 2 rings (SSSR count). The first-order valence-electron chi connectivity index (χ1n) is 4.90. The van der Waals surface area contributed by atoms with Gasteiger partial charge in [0.2, 0.25) is 0 Å². The molecule has 0 unspecified atom stereocenters. The van der Waals surface area contributed by atoms with Crippen LogP contribution in [0.5, 0.6) is 0 Å². The smallest absolute Gasteiger partial charge is 0.364 e. The SMILES string of the molecule is O=c1c(C(O)O)c[nH]c2cccc(C(F)(F)F)c12. The highest BCUT2D eigenvalue weighted by Gasteiger charge is 2.33. The van der Waals surface area contributed by atoms with Crippen molar-refractivity contribution in [2.45, 2.75) is 12.5 Å². The van der Waals surface area contributed by atoms with Gasteiger partial charge in [0.25, 0.3) is 0 Å². The van der Waals surface area contributed by atoms with Crippen molar-refractivity contribution in [2.75, 3.05) is 0 Å². The number of rotatable bonds is 1. The number of H-pyrrole nitrogens is 1. The van der Waals surface area contributed by atoms with E-state index in [0.717, 1.165) is 18.3 Å². The van der Waals surface area contributed by atoms with Crippen molar-refractivity contribution in [3.05, 3.63) is 45.7 Å². The first-order chi connectivity index (χ1) is 8.32. The van der Waals surface area contributed by atoms with Gasteiger partial charge < -0.3 is 15.2 Å². The van der Waals surface area contributed by atoms with Gasteiger partial charge in [0.1, 0.15) is 0 Å². The minimum absolute atomic E-state index is 0.0146. The van der Waals surface area contributed by atoms with Crippen LogP contribution in [0.15, 0.2) is 29.2 Å². The Labute approximate surface area is 98.3 Å². The van der Waals surface area contributed by atoms with Crippen LogP contribution in [0.3, 0.4) is 0 Å². The molecule has 0 saturated carbocycles. The standard InChI is InChI=1S/C11H8F3NO3/c12-11(13,14)6-2-1-3-7-8(6)9(16)5(4-15-7)10(17)18/h1-4,10,17-18H,(H,15,16). The van der Waals surface area contributed by atoms with E-state index in [9.17, 15) is 18.0 Å². The highest BCUT2D eigenvalue weighted by molar-refractivity contribution is 5.83. The van der Waals surface area contributed by atoms with E-state index >= 15 is 0 Å². The molecule has 0 amide bonds. The first-order valence-corrected chi connectivity index (χ1v) is 4.90. The number of benzene rings is 1.